The zero-order valence-corrected chi connectivity index (χ0v) is 23.3. The molecule has 1 aromatic heterocycles. The van der Waals surface area contributed by atoms with Gasteiger partial charge in [-0.2, -0.15) is 4.31 Å². The molecule has 0 aliphatic carbocycles. The Morgan fingerprint density at radius 2 is 1.50 bits per heavy atom. The lowest BCUT2D eigenvalue weighted by molar-refractivity contribution is -0.384. The van der Waals surface area contributed by atoms with Gasteiger partial charge < -0.3 is 0 Å². The number of unbranched alkanes of at least 4 members (excludes halogenated alkanes) is 2. The molecule has 11 nitrogen and oxygen atoms in total. The Morgan fingerprint density at radius 1 is 0.947 bits per heavy atom. The summed E-state index contributed by atoms with van der Waals surface area (Å²) >= 11 is 0.727. The number of thiazole rings is 1. The van der Waals surface area contributed by atoms with E-state index in [9.17, 15) is 31.7 Å². The Balaban J connectivity index is 1.73. The standard InChI is InChI=1S/C24H28N4O7S3/c1-3-5-15-27(16-6-4-2)38(34,35)21-11-7-18(8-12-21)23(29)26-24-25-17-22(36-24)37(32,33)20-13-9-19(10-14-20)28(30)31/h7-14,17H,3-6,15-16H2,1-2H3,(H,25,26,29). The summed E-state index contributed by atoms with van der Waals surface area (Å²) in [5.74, 6) is -0.587. The molecular formula is C24H28N4O7S3. The monoisotopic (exact) mass is 580 g/mol. The summed E-state index contributed by atoms with van der Waals surface area (Å²) in [5.41, 5.74) is -0.0674. The zero-order chi connectivity index (χ0) is 27.9. The fourth-order valence-corrected chi connectivity index (χ4v) is 7.37. The largest absolute Gasteiger partial charge is 0.298 e. The van der Waals surface area contributed by atoms with Crippen molar-refractivity contribution >= 4 is 47.9 Å². The highest BCUT2D eigenvalue weighted by Crippen LogP contribution is 2.30. The van der Waals surface area contributed by atoms with E-state index in [1.807, 2.05) is 13.8 Å². The minimum atomic E-state index is -3.99. The van der Waals surface area contributed by atoms with E-state index >= 15 is 0 Å². The topological polar surface area (TPSA) is 157 Å². The molecule has 0 aliphatic rings. The number of nitrogens with zero attached hydrogens (tertiary/aromatic N) is 3. The number of sulfonamides is 1. The van der Waals surface area contributed by atoms with E-state index in [4.69, 9.17) is 0 Å². The number of nitro benzene ring substituents is 1. The number of carbonyl (C=O) groups is 1. The summed E-state index contributed by atoms with van der Waals surface area (Å²) < 4.78 is 53.2. The van der Waals surface area contributed by atoms with Gasteiger partial charge in [0.05, 0.1) is 20.9 Å². The van der Waals surface area contributed by atoms with Crippen LogP contribution in [-0.4, -0.2) is 50.0 Å². The van der Waals surface area contributed by atoms with Crippen molar-refractivity contribution < 1.29 is 26.6 Å². The smallest absolute Gasteiger partial charge is 0.269 e. The van der Waals surface area contributed by atoms with Crippen molar-refractivity contribution in [1.29, 1.82) is 0 Å². The van der Waals surface area contributed by atoms with Crippen molar-refractivity contribution in [2.75, 3.05) is 18.4 Å². The number of hydrogen-bond donors (Lipinski definition) is 1. The van der Waals surface area contributed by atoms with Crippen molar-refractivity contribution in [3.63, 3.8) is 0 Å². The van der Waals surface area contributed by atoms with Gasteiger partial charge in [0.1, 0.15) is 4.21 Å². The fourth-order valence-electron chi connectivity index (χ4n) is 3.42. The molecule has 3 rings (SSSR count). The summed E-state index contributed by atoms with van der Waals surface area (Å²) in [6.45, 7) is 4.84. The summed E-state index contributed by atoms with van der Waals surface area (Å²) in [7, 11) is -7.70. The number of nitrogens with one attached hydrogen (secondary N) is 1. The number of sulfone groups is 1. The van der Waals surface area contributed by atoms with Gasteiger partial charge in [-0.1, -0.05) is 38.0 Å². The maximum Gasteiger partial charge on any atom is 0.269 e. The highest BCUT2D eigenvalue weighted by molar-refractivity contribution is 7.93. The van der Waals surface area contributed by atoms with Gasteiger partial charge in [0.25, 0.3) is 11.6 Å². The van der Waals surface area contributed by atoms with Crippen LogP contribution in [0.2, 0.25) is 0 Å². The third-order valence-electron chi connectivity index (χ3n) is 5.60. The molecule has 2 aromatic carbocycles. The van der Waals surface area contributed by atoms with Gasteiger partial charge in [-0.25, -0.2) is 21.8 Å². The van der Waals surface area contributed by atoms with E-state index in [1.54, 1.807) is 0 Å². The van der Waals surface area contributed by atoms with E-state index in [1.165, 1.54) is 28.6 Å². The maximum absolute atomic E-state index is 13.1. The van der Waals surface area contributed by atoms with Crippen LogP contribution in [0.25, 0.3) is 0 Å². The number of anilines is 1. The van der Waals surface area contributed by atoms with Crippen molar-refractivity contribution in [1.82, 2.24) is 9.29 Å². The molecule has 0 spiro atoms. The SMILES string of the molecule is CCCCN(CCCC)S(=O)(=O)c1ccc(C(=O)Nc2ncc(S(=O)(=O)c3ccc([N+](=O)[O-])cc3)s2)cc1. The van der Waals surface area contributed by atoms with Gasteiger partial charge in [-0.15, -0.1) is 0 Å². The number of rotatable bonds is 13. The molecule has 38 heavy (non-hydrogen) atoms. The van der Waals surface area contributed by atoms with E-state index in [-0.39, 0.29) is 30.4 Å². The first kappa shape index (κ1) is 29.4. The zero-order valence-electron chi connectivity index (χ0n) is 20.9. The molecule has 14 heteroatoms. The molecule has 0 atom stereocenters. The Bertz CT molecular complexity index is 1480. The summed E-state index contributed by atoms with van der Waals surface area (Å²) in [6, 6.07) is 9.98. The molecule has 0 radical (unpaired) electrons. The number of aromatic nitrogens is 1. The van der Waals surface area contributed by atoms with Crippen molar-refractivity contribution in [3.8, 4) is 0 Å². The molecule has 1 heterocycles. The highest BCUT2D eigenvalue weighted by Gasteiger charge is 2.25. The minimum Gasteiger partial charge on any atom is -0.298 e. The van der Waals surface area contributed by atoms with Gasteiger partial charge >= 0.3 is 0 Å². The normalized spacial score (nSPS) is 12.0. The maximum atomic E-state index is 13.1. The number of non-ortho nitro benzene ring substituents is 1. The van der Waals surface area contributed by atoms with Crippen LogP contribution in [0.4, 0.5) is 10.8 Å². The lowest BCUT2D eigenvalue weighted by atomic mass is 10.2. The number of hydrogen-bond acceptors (Lipinski definition) is 9. The lowest BCUT2D eigenvalue weighted by Crippen LogP contribution is -2.33. The molecule has 204 valence electrons. The van der Waals surface area contributed by atoms with Gasteiger partial charge in [0, 0.05) is 30.8 Å². The van der Waals surface area contributed by atoms with Crippen molar-refractivity contribution in [3.05, 3.63) is 70.4 Å². The molecule has 0 bridgehead atoms. The second-order valence-electron chi connectivity index (χ2n) is 8.33. The van der Waals surface area contributed by atoms with Crippen LogP contribution in [0.1, 0.15) is 49.9 Å². The van der Waals surface area contributed by atoms with Gasteiger partial charge in [-0.3, -0.25) is 20.2 Å². The molecule has 1 N–H and O–H groups in total. The number of benzene rings is 2. The van der Waals surface area contributed by atoms with Crippen LogP contribution in [0.5, 0.6) is 0 Å². The Labute approximate surface area is 225 Å². The highest BCUT2D eigenvalue weighted by atomic mass is 32.2. The van der Waals surface area contributed by atoms with E-state index in [2.05, 4.69) is 10.3 Å². The number of carbonyl (C=O) groups excluding carboxylic acids is 1. The number of nitro groups is 1. The lowest BCUT2D eigenvalue weighted by Gasteiger charge is -2.22. The molecule has 3 aromatic rings. The molecule has 0 unspecified atom stereocenters. The average molecular weight is 581 g/mol. The average Bonchev–Trinajstić information content (AvgIpc) is 3.38. The second kappa shape index (κ2) is 12.6. The van der Waals surface area contributed by atoms with Crippen LogP contribution in [-0.2, 0) is 19.9 Å². The van der Waals surface area contributed by atoms with Crippen molar-refractivity contribution in [2.45, 2.75) is 53.5 Å². The predicted molar refractivity (Wildman–Crippen MR) is 144 cm³/mol. The summed E-state index contributed by atoms with van der Waals surface area (Å²) in [5, 5.41) is 13.3. The van der Waals surface area contributed by atoms with E-state index in [0.29, 0.717) is 13.1 Å². The first-order valence-corrected chi connectivity index (χ1v) is 15.6. The Kier molecular flexibility index (Phi) is 9.71. The third kappa shape index (κ3) is 6.81. The molecule has 0 fully saturated rings. The van der Waals surface area contributed by atoms with Crippen LogP contribution < -0.4 is 5.32 Å². The third-order valence-corrected chi connectivity index (χ3v) is 10.7. The quantitative estimate of drug-likeness (QED) is 0.225. The van der Waals surface area contributed by atoms with Crippen molar-refractivity contribution in [2.24, 2.45) is 0 Å². The van der Waals surface area contributed by atoms with Crippen LogP contribution >= 0.6 is 11.3 Å². The Hall–Kier alpha value is -3.20. The number of amides is 1. The fraction of sp³-hybridized carbons (Fsp3) is 0.333. The first-order valence-electron chi connectivity index (χ1n) is 11.9. The molecule has 0 saturated carbocycles. The minimum absolute atomic E-state index is 0.0255. The molecule has 0 saturated heterocycles. The van der Waals surface area contributed by atoms with Gasteiger partial charge in [0.2, 0.25) is 19.9 Å². The summed E-state index contributed by atoms with van der Waals surface area (Å²) in [6.07, 6.45) is 4.32. The van der Waals surface area contributed by atoms with E-state index < -0.39 is 30.7 Å². The molecular weight excluding hydrogens is 552 g/mol. The Morgan fingerprint density at radius 3 is 2.03 bits per heavy atom. The first-order chi connectivity index (χ1) is 18.0. The van der Waals surface area contributed by atoms with Crippen LogP contribution in [0, 0.1) is 10.1 Å². The molecule has 0 aliphatic heterocycles. The van der Waals surface area contributed by atoms with Gasteiger partial charge in [-0.05, 0) is 49.2 Å². The van der Waals surface area contributed by atoms with Gasteiger partial charge in [0.15, 0.2) is 5.13 Å². The molecule has 1 amide bonds. The summed E-state index contributed by atoms with van der Waals surface area (Å²) in [4.78, 5) is 26.8. The van der Waals surface area contributed by atoms with Crippen LogP contribution in [0.15, 0.2) is 68.7 Å². The van der Waals surface area contributed by atoms with E-state index in [0.717, 1.165) is 67.5 Å². The predicted octanol–water partition coefficient (Wildman–Crippen LogP) is 4.73. The second-order valence-corrected chi connectivity index (χ2v) is 13.5. The van der Waals surface area contributed by atoms with Crippen LogP contribution in [0.3, 0.4) is 0 Å².